The molecular weight excluding hydrogens is 416 g/mol. The highest BCUT2D eigenvalue weighted by molar-refractivity contribution is 7.92. The summed E-state index contributed by atoms with van der Waals surface area (Å²) in [5, 5.41) is -0.518. The lowest BCUT2D eigenvalue weighted by Crippen LogP contribution is -2.16. The Morgan fingerprint density at radius 1 is 1.13 bits per heavy atom. The standard InChI is InChI=1S/C23H26N2O3S2/c1-6-13-25-20-12-9-18(15(2)3)14-21(20)29-23(25)24-22(26)17-7-10-19(11-8-17)30(27,28)16(4)5/h6-12,14-16H,1,13H2,2-5H3. The first-order valence-corrected chi connectivity index (χ1v) is 12.2. The highest BCUT2D eigenvalue weighted by atomic mass is 32.2. The molecule has 1 aromatic heterocycles. The number of thiazole rings is 1. The van der Waals surface area contributed by atoms with Gasteiger partial charge in [-0.1, -0.05) is 37.3 Å². The molecule has 0 aliphatic heterocycles. The Bertz CT molecular complexity index is 1260. The van der Waals surface area contributed by atoms with E-state index < -0.39 is 21.0 Å². The largest absolute Gasteiger partial charge is 0.312 e. The number of benzene rings is 2. The van der Waals surface area contributed by atoms with Gasteiger partial charge in [0.25, 0.3) is 5.91 Å². The van der Waals surface area contributed by atoms with Crippen LogP contribution in [0.1, 0.15) is 49.5 Å². The molecule has 1 heterocycles. The molecule has 0 N–H and O–H groups in total. The van der Waals surface area contributed by atoms with Gasteiger partial charge in [-0.25, -0.2) is 8.42 Å². The third-order valence-electron chi connectivity index (χ3n) is 4.93. The summed E-state index contributed by atoms with van der Waals surface area (Å²) in [5.41, 5.74) is 2.59. The van der Waals surface area contributed by atoms with Crippen LogP contribution in [-0.2, 0) is 16.4 Å². The summed E-state index contributed by atoms with van der Waals surface area (Å²) < 4.78 is 27.6. The van der Waals surface area contributed by atoms with Crippen molar-refractivity contribution in [3.05, 3.63) is 71.0 Å². The molecule has 1 amide bonds. The highest BCUT2D eigenvalue weighted by Gasteiger charge is 2.19. The minimum absolute atomic E-state index is 0.207. The topological polar surface area (TPSA) is 68.5 Å². The summed E-state index contributed by atoms with van der Waals surface area (Å²) in [6, 6.07) is 12.3. The van der Waals surface area contributed by atoms with Gasteiger partial charge >= 0.3 is 0 Å². The average Bonchev–Trinajstić information content (AvgIpc) is 3.04. The number of aromatic nitrogens is 1. The number of rotatable bonds is 6. The van der Waals surface area contributed by atoms with Gasteiger partial charge in [0.05, 0.1) is 20.4 Å². The van der Waals surface area contributed by atoms with Crippen molar-refractivity contribution in [3.8, 4) is 0 Å². The van der Waals surface area contributed by atoms with Crippen LogP contribution in [0.25, 0.3) is 10.2 Å². The third kappa shape index (κ3) is 4.32. The second-order valence-electron chi connectivity index (χ2n) is 7.70. The van der Waals surface area contributed by atoms with Gasteiger partial charge in [0.2, 0.25) is 0 Å². The molecule has 0 saturated heterocycles. The molecule has 30 heavy (non-hydrogen) atoms. The summed E-state index contributed by atoms with van der Waals surface area (Å²) >= 11 is 1.46. The van der Waals surface area contributed by atoms with Crippen LogP contribution in [0.3, 0.4) is 0 Å². The zero-order valence-corrected chi connectivity index (χ0v) is 19.3. The average molecular weight is 443 g/mol. The van der Waals surface area contributed by atoms with Gasteiger partial charge in [0.1, 0.15) is 0 Å². The van der Waals surface area contributed by atoms with Crippen molar-refractivity contribution >= 4 is 37.3 Å². The number of nitrogens with zero attached hydrogens (tertiary/aromatic N) is 2. The third-order valence-corrected chi connectivity index (χ3v) is 8.14. The van der Waals surface area contributed by atoms with Gasteiger partial charge in [0, 0.05) is 12.1 Å². The zero-order chi connectivity index (χ0) is 22.1. The minimum Gasteiger partial charge on any atom is -0.312 e. The first-order valence-electron chi connectivity index (χ1n) is 9.82. The van der Waals surface area contributed by atoms with Crippen LogP contribution in [0.15, 0.2) is 65.0 Å². The lowest BCUT2D eigenvalue weighted by atomic mass is 10.0. The van der Waals surface area contributed by atoms with Crippen LogP contribution < -0.4 is 4.80 Å². The number of amides is 1. The van der Waals surface area contributed by atoms with Crippen molar-refractivity contribution in [1.82, 2.24) is 4.57 Å². The van der Waals surface area contributed by atoms with Gasteiger partial charge in [-0.05, 0) is 61.7 Å². The van der Waals surface area contributed by atoms with Crippen molar-refractivity contribution < 1.29 is 13.2 Å². The van der Waals surface area contributed by atoms with E-state index in [4.69, 9.17) is 0 Å². The molecule has 0 atom stereocenters. The number of fused-ring (bicyclic) bond motifs is 1. The molecule has 0 saturated carbocycles. The van der Waals surface area contributed by atoms with Gasteiger partial charge < -0.3 is 4.57 Å². The first-order chi connectivity index (χ1) is 14.1. The second kappa shape index (κ2) is 8.70. The Balaban J connectivity index is 2.04. The van der Waals surface area contributed by atoms with Gasteiger partial charge in [-0.3, -0.25) is 4.79 Å². The second-order valence-corrected chi connectivity index (χ2v) is 11.2. The molecule has 0 fully saturated rings. The zero-order valence-electron chi connectivity index (χ0n) is 17.6. The molecule has 158 valence electrons. The smallest absolute Gasteiger partial charge is 0.279 e. The Kier molecular flexibility index (Phi) is 6.43. The van der Waals surface area contributed by atoms with Gasteiger partial charge in [0.15, 0.2) is 14.6 Å². The number of hydrogen-bond donors (Lipinski definition) is 0. The van der Waals surface area contributed by atoms with Crippen LogP contribution >= 0.6 is 11.3 Å². The lowest BCUT2D eigenvalue weighted by Gasteiger charge is -2.07. The Labute approximate surface area is 181 Å². The molecule has 3 aromatic rings. The van der Waals surface area contributed by atoms with Crippen molar-refractivity contribution in [2.45, 2.75) is 50.3 Å². The fraction of sp³-hybridized carbons (Fsp3) is 0.304. The van der Waals surface area contributed by atoms with Crippen LogP contribution in [0, 0.1) is 0 Å². The number of sulfone groups is 1. The monoisotopic (exact) mass is 442 g/mol. The number of carbonyl (C=O) groups is 1. The van der Waals surface area contributed by atoms with E-state index in [1.807, 2.05) is 4.57 Å². The minimum atomic E-state index is -3.38. The molecule has 2 aromatic carbocycles. The van der Waals surface area contributed by atoms with Crippen LogP contribution in [-0.4, -0.2) is 24.1 Å². The molecule has 0 aliphatic carbocycles. The summed E-state index contributed by atoms with van der Waals surface area (Å²) in [5.74, 6) is 0.00366. The fourth-order valence-electron chi connectivity index (χ4n) is 3.05. The Morgan fingerprint density at radius 2 is 1.80 bits per heavy atom. The van der Waals surface area contributed by atoms with E-state index >= 15 is 0 Å². The maximum atomic E-state index is 12.8. The number of allylic oxidation sites excluding steroid dienone is 1. The maximum absolute atomic E-state index is 12.8. The molecule has 0 aliphatic rings. The Hall–Kier alpha value is -2.51. The summed E-state index contributed by atoms with van der Waals surface area (Å²) in [7, 11) is -3.38. The fourth-order valence-corrected chi connectivity index (χ4v) is 5.20. The number of hydrogen-bond acceptors (Lipinski definition) is 4. The van der Waals surface area contributed by atoms with Crippen molar-refractivity contribution in [2.24, 2.45) is 4.99 Å². The molecule has 5 nitrogen and oxygen atoms in total. The predicted molar refractivity (Wildman–Crippen MR) is 123 cm³/mol. The first kappa shape index (κ1) is 22.2. The van der Waals surface area contributed by atoms with E-state index in [1.165, 1.54) is 41.2 Å². The normalized spacial score (nSPS) is 12.8. The lowest BCUT2D eigenvalue weighted by molar-refractivity contribution is 0.0998. The van der Waals surface area contributed by atoms with E-state index in [0.717, 1.165) is 10.2 Å². The summed E-state index contributed by atoms with van der Waals surface area (Å²) in [6.07, 6.45) is 1.78. The molecule has 3 rings (SSSR count). The predicted octanol–water partition coefficient (Wildman–Crippen LogP) is 4.94. The van der Waals surface area contributed by atoms with Crippen LogP contribution in [0.2, 0.25) is 0 Å². The maximum Gasteiger partial charge on any atom is 0.279 e. The van der Waals surface area contributed by atoms with E-state index in [2.05, 4.69) is 43.6 Å². The Morgan fingerprint density at radius 3 is 2.37 bits per heavy atom. The van der Waals surface area contributed by atoms with Crippen molar-refractivity contribution in [2.75, 3.05) is 0 Å². The van der Waals surface area contributed by atoms with E-state index in [1.54, 1.807) is 19.9 Å². The molecule has 0 bridgehead atoms. The van der Waals surface area contributed by atoms with Crippen molar-refractivity contribution in [3.63, 3.8) is 0 Å². The molecule has 0 spiro atoms. The van der Waals surface area contributed by atoms with E-state index in [0.29, 0.717) is 22.8 Å². The van der Waals surface area contributed by atoms with Crippen molar-refractivity contribution in [1.29, 1.82) is 0 Å². The van der Waals surface area contributed by atoms with E-state index in [9.17, 15) is 13.2 Å². The number of carbonyl (C=O) groups excluding carboxylic acids is 1. The highest BCUT2D eigenvalue weighted by Crippen LogP contribution is 2.24. The quantitative estimate of drug-likeness (QED) is 0.508. The van der Waals surface area contributed by atoms with Gasteiger partial charge in [-0.15, -0.1) is 6.58 Å². The van der Waals surface area contributed by atoms with Crippen LogP contribution in [0.5, 0.6) is 0 Å². The SMILES string of the molecule is C=CCn1c(=NC(=O)c2ccc(S(=O)(=O)C(C)C)cc2)sc2cc(C(C)C)ccc21. The summed E-state index contributed by atoms with van der Waals surface area (Å²) in [4.78, 5) is 17.9. The molecule has 0 unspecified atom stereocenters. The van der Waals surface area contributed by atoms with E-state index in [-0.39, 0.29) is 4.90 Å². The van der Waals surface area contributed by atoms with Gasteiger partial charge in [-0.2, -0.15) is 4.99 Å². The summed E-state index contributed by atoms with van der Waals surface area (Å²) in [6.45, 7) is 11.9. The molecule has 7 heteroatoms. The molecular formula is C23H26N2O3S2. The molecule has 0 radical (unpaired) electrons. The van der Waals surface area contributed by atoms with Crippen LogP contribution in [0.4, 0.5) is 0 Å².